The predicted molar refractivity (Wildman–Crippen MR) is 67.5 cm³/mol. The van der Waals surface area contributed by atoms with Gasteiger partial charge in [0.1, 0.15) is 0 Å². The van der Waals surface area contributed by atoms with Gasteiger partial charge in [0.15, 0.2) is 0 Å². The highest BCUT2D eigenvalue weighted by Gasteiger charge is 2.35. The van der Waals surface area contributed by atoms with E-state index in [4.69, 9.17) is 5.11 Å². The number of rotatable bonds is 3. The Morgan fingerprint density at radius 3 is 2.44 bits per heavy atom. The quantitative estimate of drug-likeness (QED) is 0.857. The van der Waals surface area contributed by atoms with Gasteiger partial charge < -0.3 is 10.4 Å². The summed E-state index contributed by atoms with van der Waals surface area (Å²) in [5.41, 5.74) is 2.87. The number of aryl methyl sites for hydroxylation is 2. The van der Waals surface area contributed by atoms with Gasteiger partial charge >= 0.3 is 5.97 Å². The van der Waals surface area contributed by atoms with Crippen molar-refractivity contribution >= 4 is 11.9 Å². The maximum atomic E-state index is 11.9. The lowest BCUT2D eigenvalue weighted by Gasteiger charge is -2.32. The van der Waals surface area contributed by atoms with E-state index in [1.807, 2.05) is 26.0 Å². The van der Waals surface area contributed by atoms with Gasteiger partial charge in [-0.05, 0) is 49.9 Å². The summed E-state index contributed by atoms with van der Waals surface area (Å²) in [5.74, 6) is -1.19. The van der Waals surface area contributed by atoms with Crippen LogP contribution in [0.2, 0.25) is 0 Å². The van der Waals surface area contributed by atoms with Crippen molar-refractivity contribution in [2.75, 3.05) is 0 Å². The van der Waals surface area contributed by atoms with Gasteiger partial charge in [0.2, 0.25) is 0 Å². The first-order valence-corrected chi connectivity index (χ1v) is 6.08. The fourth-order valence-corrected chi connectivity index (χ4v) is 2.09. The molecule has 18 heavy (non-hydrogen) atoms. The number of carboxylic acid groups (broad SMARTS) is 1. The van der Waals surface area contributed by atoms with Gasteiger partial charge in [-0.15, -0.1) is 0 Å². The third-order valence-corrected chi connectivity index (χ3v) is 3.59. The molecule has 1 aromatic carbocycles. The lowest BCUT2D eigenvalue weighted by molar-refractivity contribution is -0.145. The molecule has 0 saturated heterocycles. The molecular formula is C14H17NO3. The van der Waals surface area contributed by atoms with E-state index in [1.165, 1.54) is 0 Å². The highest BCUT2D eigenvalue weighted by Crippen LogP contribution is 2.27. The van der Waals surface area contributed by atoms with Gasteiger partial charge in [0.25, 0.3) is 5.91 Å². The van der Waals surface area contributed by atoms with Crippen molar-refractivity contribution in [1.82, 2.24) is 5.32 Å². The zero-order valence-corrected chi connectivity index (χ0v) is 10.6. The van der Waals surface area contributed by atoms with Gasteiger partial charge in [0.05, 0.1) is 5.92 Å². The normalized spacial score (nSPS) is 22.1. The van der Waals surface area contributed by atoms with Crippen LogP contribution in [-0.4, -0.2) is 23.0 Å². The Morgan fingerprint density at radius 1 is 1.22 bits per heavy atom. The Hall–Kier alpha value is -1.84. The largest absolute Gasteiger partial charge is 0.481 e. The average Bonchev–Trinajstić information content (AvgIpc) is 2.25. The number of carbonyl (C=O) groups excluding carboxylic acids is 1. The maximum Gasteiger partial charge on any atom is 0.306 e. The monoisotopic (exact) mass is 247 g/mol. The van der Waals surface area contributed by atoms with Crippen molar-refractivity contribution in [3.63, 3.8) is 0 Å². The Morgan fingerprint density at radius 2 is 1.89 bits per heavy atom. The van der Waals surface area contributed by atoms with E-state index in [2.05, 4.69) is 5.32 Å². The molecule has 2 N–H and O–H groups in total. The fraction of sp³-hybridized carbons (Fsp3) is 0.429. The average molecular weight is 247 g/mol. The molecule has 1 aliphatic rings. The van der Waals surface area contributed by atoms with Gasteiger partial charge in [0, 0.05) is 11.6 Å². The second kappa shape index (κ2) is 4.80. The summed E-state index contributed by atoms with van der Waals surface area (Å²) in [5, 5.41) is 11.6. The molecule has 4 heteroatoms. The molecule has 2 rings (SSSR count). The summed E-state index contributed by atoms with van der Waals surface area (Å²) in [4.78, 5) is 22.6. The lowest BCUT2D eigenvalue weighted by atomic mass is 9.80. The van der Waals surface area contributed by atoms with E-state index in [0.29, 0.717) is 18.4 Å². The molecule has 1 aliphatic carbocycles. The Balaban J connectivity index is 1.93. The number of aliphatic carboxylic acids is 1. The molecule has 0 radical (unpaired) electrons. The first-order chi connectivity index (χ1) is 8.47. The van der Waals surface area contributed by atoms with Crippen LogP contribution in [0.15, 0.2) is 18.2 Å². The third-order valence-electron chi connectivity index (χ3n) is 3.59. The van der Waals surface area contributed by atoms with Crippen molar-refractivity contribution in [3.8, 4) is 0 Å². The van der Waals surface area contributed by atoms with E-state index >= 15 is 0 Å². The minimum absolute atomic E-state index is 0.000194. The number of nitrogens with one attached hydrogen (secondary N) is 1. The van der Waals surface area contributed by atoms with Crippen LogP contribution < -0.4 is 5.32 Å². The predicted octanol–water partition coefficient (Wildman–Crippen LogP) is 1.90. The van der Waals surface area contributed by atoms with Crippen molar-refractivity contribution in [3.05, 3.63) is 34.9 Å². The zero-order chi connectivity index (χ0) is 13.3. The summed E-state index contributed by atoms with van der Waals surface area (Å²) in [6, 6.07) is 5.58. The van der Waals surface area contributed by atoms with Gasteiger partial charge in [-0.25, -0.2) is 0 Å². The summed E-state index contributed by atoms with van der Waals surface area (Å²) < 4.78 is 0. The van der Waals surface area contributed by atoms with Gasteiger partial charge in [-0.3, -0.25) is 9.59 Å². The molecule has 1 aromatic rings. The number of carboxylic acids is 1. The van der Waals surface area contributed by atoms with Gasteiger partial charge in [-0.1, -0.05) is 6.07 Å². The van der Waals surface area contributed by atoms with E-state index in [-0.39, 0.29) is 17.9 Å². The maximum absolute atomic E-state index is 11.9. The first kappa shape index (κ1) is 12.6. The summed E-state index contributed by atoms with van der Waals surface area (Å²) in [6.07, 6.45) is 1.07. The molecule has 4 nitrogen and oxygen atoms in total. The lowest BCUT2D eigenvalue weighted by Crippen LogP contribution is -2.46. The number of hydrogen-bond donors (Lipinski definition) is 2. The highest BCUT2D eigenvalue weighted by atomic mass is 16.4. The Kier molecular flexibility index (Phi) is 3.36. The smallest absolute Gasteiger partial charge is 0.306 e. The van der Waals surface area contributed by atoms with Crippen LogP contribution >= 0.6 is 0 Å². The molecule has 1 fully saturated rings. The van der Waals surface area contributed by atoms with Crippen LogP contribution in [0.4, 0.5) is 0 Å². The SMILES string of the molecule is Cc1ccc(C(=O)NC2CC(C(=O)O)C2)cc1C. The standard InChI is InChI=1S/C14H17NO3/c1-8-3-4-10(5-9(8)2)13(16)15-12-6-11(7-12)14(17)18/h3-5,11-12H,6-7H2,1-2H3,(H,15,16)(H,17,18). The molecule has 96 valence electrons. The minimum Gasteiger partial charge on any atom is -0.481 e. The highest BCUT2D eigenvalue weighted by molar-refractivity contribution is 5.94. The van der Waals surface area contributed by atoms with Crippen LogP contribution in [0.3, 0.4) is 0 Å². The summed E-state index contributed by atoms with van der Waals surface area (Å²) in [6.45, 7) is 3.97. The van der Waals surface area contributed by atoms with Crippen LogP contribution in [0, 0.1) is 19.8 Å². The minimum atomic E-state index is -0.772. The third kappa shape index (κ3) is 2.53. The molecule has 0 unspecified atom stereocenters. The molecule has 0 aromatic heterocycles. The van der Waals surface area contributed by atoms with Crippen molar-refractivity contribution in [1.29, 1.82) is 0 Å². The van der Waals surface area contributed by atoms with E-state index in [9.17, 15) is 9.59 Å². The second-order valence-electron chi connectivity index (χ2n) is 4.98. The zero-order valence-electron chi connectivity index (χ0n) is 10.6. The van der Waals surface area contributed by atoms with Crippen molar-refractivity contribution in [2.45, 2.75) is 32.7 Å². The molecule has 0 atom stereocenters. The van der Waals surface area contributed by atoms with E-state index in [1.54, 1.807) is 6.07 Å². The van der Waals surface area contributed by atoms with Crippen molar-refractivity contribution in [2.24, 2.45) is 5.92 Å². The molecule has 0 spiro atoms. The number of hydrogen-bond acceptors (Lipinski definition) is 2. The molecular weight excluding hydrogens is 230 g/mol. The van der Waals surface area contributed by atoms with Crippen LogP contribution in [-0.2, 0) is 4.79 Å². The molecule has 0 heterocycles. The second-order valence-corrected chi connectivity index (χ2v) is 4.98. The summed E-state index contributed by atoms with van der Waals surface area (Å²) in [7, 11) is 0. The molecule has 1 amide bonds. The van der Waals surface area contributed by atoms with Crippen molar-refractivity contribution < 1.29 is 14.7 Å². The van der Waals surface area contributed by atoms with Crippen LogP contribution in [0.5, 0.6) is 0 Å². The topological polar surface area (TPSA) is 66.4 Å². The van der Waals surface area contributed by atoms with Crippen LogP contribution in [0.25, 0.3) is 0 Å². The Bertz CT molecular complexity index is 490. The summed E-state index contributed by atoms with van der Waals surface area (Å²) >= 11 is 0. The molecule has 0 aliphatic heterocycles. The number of benzene rings is 1. The van der Waals surface area contributed by atoms with E-state index in [0.717, 1.165) is 11.1 Å². The van der Waals surface area contributed by atoms with Gasteiger partial charge in [-0.2, -0.15) is 0 Å². The molecule has 1 saturated carbocycles. The number of carbonyl (C=O) groups is 2. The first-order valence-electron chi connectivity index (χ1n) is 6.08. The number of amides is 1. The molecule has 0 bridgehead atoms. The fourth-order valence-electron chi connectivity index (χ4n) is 2.09. The Labute approximate surface area is 106 Å². The van der Waals surface area contributed by atoms with E-state index < -0.39 is 5.97 Å². The van der Waals surface area contributed by atoms with Crippen LogP contribution in [0.1, 0.15) is 34.3 Å².